The van der Waals surface area contributed by atoms with E-state index in [2.05, 4.69) is 10.5 Å². The third kappa shape index (κ3) is 2.78. The SMILES string of the molecule is CS(=O)(=O)c1ccc(C2=N[N]C=C2c2ccc(F)cc2)cc1. The molecule has 2 aromatic rings. The Kier molecular flexibility index (Phi) is 3.54. The van der Waals surface area contributed by atoms with E-state index in [0.717, 1.165) is 23.0 Å². The number of rotatable bonds is 3. The average Bonchev–Trinajstić information content (AvgIpc) is 2.97. The van der Waals surface area contributed by atoms with Crippen LogP contribution in [0.15, 0.2) is 64.7 Å². The van der Waals surface area contributed by atoms with E-state index in [1.807, 2.05) is 0 Å². The molecule has 0 aliphatic carbocycles. The maximum atomic E-state index is 13.0. The summed E-state index contributed by atoms with van der Waals surface area (Å²) in [6.45, 7) is 0. The van der Waals surface area contributed by atoms with Crippen molar-refractivity contribution >= 4 is 21.1 Å². The Hall–Kier alpha value is -2.47. The Morgan fingerprint density at radius 2 is 1.50 bits per heavy atom. The summed E-state index contributed by atoms with van der Waals surface area (Å²) in [6.07, 6.45) is 2.77. The number of nitrogens with zero attached hydrogens (tertiary/aromatic N) is 2. The van der Waals surface area contributed by atoms with Crippen LogP contribution >= 0.6 is 0 Å². The van der Waals surface area contributed by atoms with Gasteiger partial charge in [0.25, 0.3) is 0 Å². The van der Waals surface area contributed by atoms with Crippen molar-refractivity contribution in [2.45, 2.75) is 4.90 Å². The molecule has 0 fully saturated rings. The number of sulfone groups is 1. The first-order valence-corrected chi connectivity index (χ1v) is 8.39. The fourth-order valence-corrected chi connectivity index (χ4v) is 2.80. The Morgan fingerprint density at radius 3 is 2.09 bits per heavy atom. The zero-order valence-electron chi connectivity index (χ0n) is 11.7. The minimum absolute atomic E-state index is 0.249. The highest BCUT2D eigenvalue weighted by molar-refractivity contribution is 7.90. The second-order valence-electron chi connectivity index (χ2n) is 4.91. The molecule has 3 rings (SSSR count). The average molecular weight is 315 g/mol. The number of allylic oxidation sites excluding steroid dienone is 1. The normalized spacial score (nSPS) is 14.3. The molecule has 0 saturated heterocycles. The summed E-state index contributed by atoms with van der Waals surface area (Å²) in [4.78, 5) is 0.249. The van der Waals surface area contributed by atoms with E-state index in [1.165, 1.54) is 24.3 Å². The van der Waals surface area contributed by atoms with E-state index in [1.54, 1.807) is 30.5 Å². The van der Waals surface area contributed by atoms with Gasteiger partial charge >= 0.3 is 0 Å². The van der Waals surface area contributed by atoms with Gasteiger partial charge in [-0.1, -0.05) is 24.3 Å². The standard InChI is InChI=1S/C16H12FN2O2S/c1-22(20,21)14-8-4-12(5-9-14)16-15(10-18-19-16)11-2-6-13(17)7-3-11/h2-10H,1H3. The monoisotopic (exact) mass is 315 g/mol. The molecule has 1 aliphatic rings. The molecule has 4 nitrogen and oxygen atoms in total. The van der Waals surface area contributed by atoms with E-state index in [4.69, 9.17) is 0 Å². The Bertz CT molecular complexity index is 867. The molecule has 6 heteroatoms. The summed E-state index contributed by atoms with van der Waals surface area (Å²) in [5, 5.41) is 4.08. The van der Waals surface area contributed by atoms with Gasteiger partial charge in [0.2, 0.25) is 0 Å². The van der Waals surface area contributed by atoms with Gasteiger partial charge in [0, 0.05) is 17.4 Å². The molecule has 0 saturated carbocycles. The first kappa shape index (κ1) is 14.5. The van der Waals surface area contributed by atoms with Gasteiger partial charge in [-0.3, -0.25) is 0 Å². The fraction of sp³-hybridized carbons (Fsp3) is 0.0625. The van der Waals surface area contributed by atoms with E-state index in [9.17, 15) is 12.8 Å². The first-order valence-electron chi connectivity index (χ1n) is 6.50. The van der Waals surface area contributed by atoms with Crippen molar-refractivity contribution in [3.63, 3.8) is 0 Å². The van der Waals surface area contributed by atoms with Crippen molar-refractivity contribution in [3.05, 3.63) is 71.7 Å². The summed E-state index contributed by atoms with van der Waals surface area (Å²) in [5.74, 6) is -0.310. The number of benzene rings is 2. The topological polar surface area (TPSA) is 60.6 Å². The Morgan fingerprint density at radius 1 is 0.909 bits per heavy atom. The molecule has 111 valence electrons. The van der Waals surface area contributed by atoms with Crippen LogP contribution in [0.3, 0.4) is 0 Å². The molecule has 0 N–H and O–H groups in total. The van der Waals surface area contributed by atoms with Crippen molar-refractivity contribution < 1.29 is 12.8 Å². The first-order chi connectivity index (χ1) is 10.4. The predicted octanol–water partition coefficient (Wildman–Crippen LogP) is 2.59. The molecular formula is C16H12FN2O2S. The summed E-state index contributed by atoms with van der Waals surface area (Å²) >= 11 is 0. The lowest BCUT2D eigenvalue weighted by Gasteiger charge is -2.07. The molecular weight excluding hydrogens is 303 g/mol. The van der Waals surface area contributed by atoms with E-state index in [0.29, 0.717) is 5.71 Å². The van der Waals surface area contributed by atoms with Gasteiger partial charge in [-0.25, -0.2) is 12.8 Å². The molecule has 0 amide bonds. The molecule has 0 bridgehead atoms. The largest absolute Gasteiger partial charge is 0.224 e. The van der Waals surface area contributed by atoms with Gasteiger partial charge < -0.3 is 0 Å². The van der Waals surface area contributed by atoms with Crippen molar-refractivity contribution in [1.29, 1.82) is 0 Å². The van der Waals surface area contributed by atoms with Crippen LogP contribution in [0.2, 0.25) is 0 Å². The number of hydrogen-bond donors (Lipinski definition) is 0. The minimum atomic E-state index is -3.23. The zero-order chi connectivity index (χ0) is 15.7. The van der Waals surface area contributed by atoms with Gasteiger partial charge in [0.15, 0.2) is 9.84 Å². The zero-order valence-corrected chi connectivity index (χ0v) is 12.5. The van der Waals surface area contributed by atoms with E-state index >= 15 is 0 Å². The molecule has 0 aromatic heterocycles. The van der Waals surface area contributed by atoms with Crippen LogP contribution < -0.4 is 5.43 Å². The molecule has 0 atom stereocenters. The highest BCUT2D eigenvalue weighted by atomic mass is 32.2. The van der Waals surface area contributed by atoms with Crippen LogP contribution in [0.25, 0.3) is 5.57 Å². The molecule has 1 heterocycles. The lowest BCUT2D eigenvalue weighted by molar-refractivity contribution is 0.602. The van der Waals surface area contributed by atoms with Crippen LogP contribution in [0.5, 0.6) is 0 Å². The molecule has 0 unspecified atom stereocenters. The molecule has 1 radical (unpaired) electrons. The van der Waals surface area contributed by atoms with Crippen LogP contribution in [0, 0.1) is 5.82 Å². The number of hydrogen-bond acceptors (Lipinski definition) is 3. The minimum Gasteiger partial charge on any atom is -0.224 e. The van der Waals surface area contributed by atoms with Crippen LogP contribution in [0.1, 0.15) is 11.1 Å². The predicted molar refractivity (Wildman–Crippen MR) is 82.6 cm³/mol. The third-order valence-corrected chi connectivity index (χ3v) is 4.44. The quantitative estimate of drug-likeness (QED) is 0.874. The Labute approximate surface area is 127 Å². The van der Waals surface area contributed by atoms with Crippen LogP contribution in [-0.2, 0) is 9.84 Å². The summed E-state index contributed by atoms with van der Waals surface area (Å²) in [7, 11) is -3.23. The molecule has 22 heavy (non-hydrogen) atoms. The molecule has 1 aliphatic heterocycles. The van der Waals surface area contributed by atoms with E-state index in [-0.39, 0.29) is 10.7 Å². The smallest absolute Gasteiger partial charge is 0.175 e. The Balaban J connectivity index is 1.95. The van der Waals surface area contributed by atoms with Crippen molar-refractivity contribution in [2.24, 2.45) is 5.10 Å². The lowest BCUT2D eigenvalue weighted by atomic mass is 9.97. The summed E-state index contributed by atoms with van der Waals surface area (Å²) in [5.41, 5.74) is 6.86. The van der Waals surface area contributed by atoms with Gasteiger partial charge in [-0.2, -0.15) is 5.43 Å². The molecule has 0 spiro atoms. The fourth-order valence-electron chi connectivity index (χ4n) is 2.17. The third-order valence-electron chi connectivity index (χ3n) is 3.31. The highest BCUT2D eigenvalue weighted by Gasteiger charge is 2.18. The van der Waals surface area contributed by atoms with Gasteiger partial charge in [-0.05, 0) is 29.8 Å². The summed E-state index contributed by atoms with van der Waals surface area (Å²) in [6, 6.07) is 12.5. The maximum absolute atomic E-state index is 13.0. The van der Waals surface area contributed by atoms with Crippen LogP contribution in [-0.4, -0.2) is 20.4 Å². The second kappa shape index (κ2) is 5.38. The van der Waals surface area contributed by atoms with Crippen LogP contribution in [0.4, 0.5) is 4.39 Å². The van der Waals surface area contributed by atoms with Crippen molar-refractivity contribution in [2.75, 3.05) is 6.26 Å². The second-order valence-corrected chi connectivity index (χ2v) is 6.93. The lowest BCUT2D eigenvalue weighted by Crippen LogP contribution is -2.03. The van der Waals surface area contributed by atoms with E-state index < -0.39 is 9.84 Å². The van der Waals surface area contributed by atoms with Gasteiger partial charge in [-0.15, -0.1) is 5.10 Å². The van der Waals surface area contributed by atoms with Gasteiger partial charge in [0.05, 0.1) is 11.1 Å². The molecule has 2 aromatic carbocycles. The van der Waals surface area contributed by atoms with Crippen molar-refractivity contribution in [1.82, 2.24) is 5.43 Å². The van der Waals surface area contributed by atoms with Gasteiger partial charge in [0.1, 0.15) is 11.5 Å². The number of halogens is 1. The summed E-state index contributed by atoms with van der Waals surface area (Å²) < 4.78 is 36.0. The maximum Gasteiger partial charge on any atom is 0.175 e. The van der Waals surface area contributed by atoms with Crippen molar-refractivity contribution in [3.8, 4) is 0 Å². The highest BCUT2D eigenvalue weighted by Crippen LogP contribution is 2.24.